The molecule has 0 aliphatic carbocycles. The monoisotopic (exact) mass is 373 g/mol. The summed E-state index contributed by atoms with van der Waals surface area (Å²) in [6.45, 7) is 3.46. The summed E-state index contributed by atoms with van der Waals surface area (Å²) in [5, 5.41) is 9.86. The maximum atomic E-state index is 12.8. The number of aliphatic carboxylic acids is 1. The number of hydrogen-bond donors (Lipinski definition) is 1. The molecule has 0 radical (unpaired) electrons. The van der Waals surface area contributed by atoms with E-state index < -0.39 is 36.0 Å². The van der Waals surface area contributed by atoms with E-state index in [1.165, 1.54) is 17.0 Å². The summed E-state index contributed by atoms with van der Waals surface area (Å²) in [4.78, 5) is 37.2. The van der Waals surface area contributed by atoms with Crippen molar-refractivity contribution in [2.45, 2.75) is 44.9 Å². The Bertz CT molecular complexity index is 771. The molecule has 0 aliphatic rings. The maximum Gasteiger partial charge on any atom is 0.345 e. The fourth-order valence-electron chi connectivity index (χ4n) is 2.49. The van der Waals surface area contributed by atoms with E-state index in [1.807, 2.05) is 13.0 Å². The molecule has 2 rings (SSSR count). The number of carbonyl (C=O) groups is 3. The third-order valence-electron chi connectivity index (χ3n) is 4.26. The van der Waals surface area contributed by atoms with Crippen molar-refractivity contribution >= 4 is 17.9 Å². The first-order valence-electron chi connectivity index (χ1n) is 8.67. The van der Waals surface area contributed by atoms with E-state index in [4.69, 9.17) is 9.47 Å². The second-order valence-corrected chi connectivity index (χ2v) is 6.20. The van der Waals surface area contributed by atoms with Gasteiger partial charge in [0.1, 0.15) is 6.61 Å². The van der Waals surface area contributed by atoms with Crippen molar-refractivity contribution in [3.05, 3.63) is 60.4 Å². The van der Waals surface area contributed by atoms with Crippen LogP contribution in [0.5, 0.6) is 0 Å². The highest BCUT2D eigenvalue weighted by molar-refractivity contribution is 6.04. The number of aromatic nitrogens is 1. The summed E-state index contributed by atoms with van der Waals surface area (Å²) in [7, 11) is 0. The molecule has 27 heavy (non-hydrogen) atoms. The van der Waals surface area contributed by atoms with E-state index in [0.717, 1.165) is 5.56 Å². The van der Waals surface area contributed by atoms with Gasteiger partial charge in [-0.25, -0.2) is 9.59 Å². The molecule has 2 atom stereocenters. The molecular weight excluding hydrogens is 350 g/mol. The number of hydrogen-bond acceptors (Lipinski definition) is 5. The second kappa shape index (κ2) is 9.02. The number of benzene rings is 1. The smallest absolute Gasteiger partial charge is 0.345 e. The third-order valence-corrected chi connectivity index (χ3v) is 4.26. The van der Waals surface area contributed by atoms with Gasteiger partial charge < -0.3 is 19.1 Å². The number of ether oxygens (including phenoxy) is 2. The van der Waals surface area contributed by atoms with Crippen LogP contribution in [-0.4, -0.2) is 33.7 Å². The van der Waals surface area contributed by atoms with Crippen LogP contribution in [0.2, 0.25) is 0 Å². The molecule has 144 valence electrons. The van der Waals surface area contributed by atoms with Crippen LogP contribution in [-0.2, 0) is 36.0 Å². The van der Waals surface area contributed by atoms with Crippen LogP contribution in [0.15, 0.2) is 54.9 Å². The summed E-state index contributed by atoms with van der Waals surface area (Å²) in [6, 6.07) is 12.1. The fraction of sp³-hybridized carbons (Fsp3) is 0.350. The molecule has 0 fully saturated rings. The number of esters is 2. The predicted molar refractivity (Wildman–Crippen MR) is 96.7 cm³/mol. The van der Waals surface area contributed by atoms with Crippen LogP contribution < -0.4 is 0 Å². The van der Waals surface area contributed by atoms with Gasteiger partial charge in [-0.3, -0.25) is 4.79 Å². The Hall–Kier alpha value is -3.09. The Morgan fingerprint density at radius 3 is 2.30 bits per heavy atom. The molecule has 0 saturated heterocycles. The van der Waals surface area contributed by atoms with Crippen LogP contribution in [0.3, 0.4) is 0 Å². The standard InChI is InChI=1S/C20H23NO6/c1-3-15(2)27-19(25)20(18(23)24,21-11-7-8-12-21)13-17(22)26-14-16-9-5-4-6-10-16/h4-12,15H,3,13-14H2,1-2H3,(H,23,24). The molecule has 7 heteroatoms. The van der Waals surface area contributed by atoms with Crippen molar-refractivity contribution < 1.29 is 29.0 Å². The minimum Gasteiger partial charge on any atom is -0.479 e. The normalized spacial score (nSPS) is 14.0. The molecule has 0 aliphatic heterocycles. The number of carbonyl (C=O) groups excluding carboxylic acids is 2. The van der Waals surface area contributed by atoms with E-state index in [1.54, 1.807) is 43.3 Å². The lowest BCUT2D eigenvalue weighted by Crippen LogP contribution is -2.52. The van der Waals surface area contributed by atoms with Crippen molar-refractivity contribution in [3.63, 3.8) is 0 Å². The Kier molecular flexibility index (Phi) is 6.76. The van der Waals surface area contributed by atoms with Gasteiger partial charge in [0, 0.05) is 12.4 Å². The summed E-state index contributed by atoms with van der Waals surface area (Å²) < 4.78 is 11.6. The molecule has 1 aromatic carbocycles. The molecule has 1 aromatic heterocycles. The van der Waals surface area contributed by atoms with Gasteiger partial charge >= 0.3 is 17.9 Å². The molecule has 1 N–H and O–H groups in total. The van der Waals surface area contributed by atoms with Crippen LogP contribution in [0.4, 0.5) is 0 Å². The molecule has 7 nitrogen and oxygen atoms in total. The van der Waals surface area contributed by atoms with Crippen LogP contribution >= 0.6 is 0 Å². The van der Waals surface area contributed by atoms with Crippen molar-refractivity contribution in [2.75, 3.05) is 0 Å². The first-order chi connectivity index (χ1) is 12.9. The van der Waals surface area contributed by atoms with E-state index in [9.17, 15) is 19.5 Å². The summed E-state index contributed by atoms with van der Waals surface area (Å²) in [6.07, 6.45) is 2.18. The predicted octanol–water partition coefficient (Wildman–Crippen LogP) is 2.74. The van der Waals surface area contributed by atoms with E-state index in [-0.39, 0.29) is 6.61 Å². The highest BCUT2D eigenvalue weighted by Gasteiger charge is 2.52. The first-order valence-corrected chi connectivity index (χ1v) is 8.67. The maximum absolute atomic E-state index is 12.8. The molecule has 2 unspecified atom stereocenters. The highest BCUT2D eigenvalue weighted by atomic mass is 16.6. The number of carboxylic acids is 1. The Morgan fingerprint density at radius 2 is 1.74 bits per heavy atom. The Labute approximate surface area is 157 Å². The van der Waals surface area contributed by atoms with Gasteiger partial charge in [-0.2, -0.15) is 0 Å². The molecule has 0 spiro atoms. The van der Waals surface area contributed by atoms with Gasteiger partial charge in [0.15, 0.2) is 0 Å². The Balaban J connectivity index is 2.24. The van der Waals surface area contributed by atoms with Gasteiger partial charge in [0.2, 0.25) is 5.54 Å². The lowest BCUT2D eigenvalue weighted by molar-refractivity contribution is -0.175. The van der Waals surface area contributed by atoms with Gasteiger partial charge in [0.05, 0.1) is 12.5 Å². The number of rotatable bonds is 9. The Morgan fingerprint density at radius 1 is 1.11 bits per heavy atom. The minimum atomic E-state index is -2.22. The van der Waals surface area contributed by atoms with Crippen molar-refractivity contribution in [1.29, 1.82) is 0 Å². The zero-order valence-corrected chi connectivity index (χ0v) is 15.3. The summed E-state index contributed by atoms with van der Waals surface area (Å²) >= 11 is 0. The summed E-state index contributed by atoms with van der Waals surface area (Å²) in [5.41, 5.74) is -1.46. The molecule has 0 bridgehead atoms. The van der Waals surface area contributed by atoms with Crippen LogP contribution in [0.1, 0.15) is 32.3 Å². The fourth-order valence-corrected chi connectivity index (χ4v) is 2.49. The lowest BCUT2D eigenvalue weighted by Gasteiger charge is -2.29. The van der Waals surface area contributed by atoms with Crippen LogP contribution in [0.25, 0.3) is 0 Å². The first kappa shape index (κ1) is 20.2. The molecule has 0 amide bonds. The largest absolute Gasteiger partial charge is 0.479 e. The quantitative estimate of drug-likeness (QED) is 0.536. The van der Waals surface area contributed by atoms with Gasteiger partial charge in [-0.15, -0.1) is 0 Å². The zero-order valence-electron chi connectivity index (χ0n) is 15.3. The molecule has 0 saturated carbocycles. The molecule has 2 aromatic rings. The SMILES string of the molecule is CCC(C)OC(=O)C(CC(=O)OCc1ccccc1)(C(=O)O)n1cccc1. The van der Waals surface area contributed by atoms with Crippen molar-refractivity contribution in [2.24, 2.45) is 0 Å². The molecular formula is C20H23NO6. The summed E-state index contributed by atoms with van der Waals surface area (Å²) in [5.74, 6) is -3.29. The minimum absolute atomic E-state index is 0.0124. The van der Waals surface area contributed by atoms with Crippen LogP contribution in [0, 0.1) is 0 Å². The third kappa shape index (κ3) is 4.75. The number of nitrogens with zero attached hydrogens (tertiary/aromatic N) is 1. The van der Waals surface area contributed by atoms with Gasteiger partial charge in [0.25, 0.3) is 0 Å². The second-order valence-electron chi connectivity index (χ2n) is 6.20. The average Bonchev–Trinajstić information content (AvgIpc) is 3.19. The van der Waals surface area contributed by atoms with E-state index in [2.05, 4.69) is 0 Å². The van der Waals surface area contributed by atoms with Gasteiger partial charge in [-0.1, -0.05) is 37.3 Å². The number of carboxylic acid groups (broad SMARTS) is 1. The van der Waals surface area contributed by atoms with E-state index in [0.29, 0.717) is 6.42 Å². The zero-order chi connectivity index (χ0) is 19.9. The average molecular weight is 373 g/mol. The lowest BCUT2D eigenvalue weighted by atomic mass is 9.94. The van der Waals surface area contributed by atoms with Crippen molar-refractivity contribution in [3.8, 4) is 0 Å². The topological polar surface area (TPSA) is 94.8 Å². The van der Waals surface area contributed by atoms with Crippen molar-refractivity contribution in [1.82, 2.24) is 4.57 Å². The van der Waals surface area contributed by atoms with Gasteiger partial charge in [-0.05, 0) is 31.0 Å². The van der Waals surface area contributed by atoms with E-state index >= 15 is 0 Å². The highest BCUT2D eigenvalue weighted by Crippen LogP contribution is 2.26. The molecule has 1 heterocycles.